The highest BCUT2D eigenvalue weighted by atomic mass is 19.1. The van der Waals surface area contributed by atoms with Crippen LogP contribution < -0.4 is 20.9 Å². The van der Waals surface area contributed by atoms with E-state index in [4.69, 9.17) is 9.57 Å². The second-order valence-electron chi connectivity index (χ2n) is 7.61. The normalized spacial score (nSPS) is 12.7. The summed E-state index contributed by atoms with van der Waals surface area (Å²) in [5.74, 6) is -2.19. The molecule has 12 heteroatoms. The van der Waals surface area contributed by atoms with Gasteiger partial charge in [-0.25, -0.2) is 24.2 Å². The van der Waals surface area contributed by atoms with Crippen molar-refractivity contribution in [3.05, 3.63) is 59.7 Å². The Morgan fingerprint density at radius 1 is 1.00 bits per heavy atom. The number of carbonyl (C=O) groups is 2. The molecular weight excluding hydrogens is 462 g/mol. The molecule has 1 aliphatic carbocycles. The maximum absolute atomic E-state index is 14.6. The lowest BCUT2D eigenvalue weighted by molar-refractivity contribution is 0.0365. The number of nitrogens with one attached hydrogen (secondary N) is 3. The van der Waals surface area contributed by atoms with Gasteiger partial charge in [0.05, 0.1) is 48.6 Å². The maximum Gasteiger partial charge on any atom is 0.278 e. The van der Waals surface area contributed by atoms with Crippen LogP contribution in [0.1, 0.15) is 40.6 Å². The van der Waals surface area contributed by atoms with Gasteiger partial charge < -0.3 is 15.4 Å². The molecule has 0 radical (unpaired) electrons. The number of hydrogen-bond acceptors (Lipinski definition) is 8. The summed E-state index contributed by atoms with van der Waals surface area (Å²) in [4.78, 5) is 42.0. The summed E-state index contributed by atoms with van der Waals surface area (Å²) in [5.41, 5.74) is 2.77. The van der Waals surface area contributed by atoms with E-state index < -0.39 is 23.4 Å². The fourth-order valence-electron chi connectivity index (χ4n) is 3.21. The van der Waals surface area contributed by atoms with E-state index >= 15 is 0 Å². The largest absolute Gasteiger partial charge is 0.494 e. The molecule has 0 unspecified atom stereocenters. The highest BCUT2D eigenvalue weighted by Crippen LogP contribution is 2.38. The molecule has 3 aromatic rings. The number of hydrogen-bond donors (Lipinski definition) is 3. The van der Waals surface area contributed by atoms with Gasteiger partial charge >= 0.3 is 0 Å². The quantitative estimate of drug-likeness (QED) is 0.396. The number of benzene rings is 1. The lowest BCUT2D eigenvalue weighted by atomic mass is 10.1. The monoisotopic (exact) mass is 484 g/mol. The minimum absolute atomic E-state index is 0.0272. The predicted octanol–water partition coefficient (Wildman–Crippen LogP) is 3.14. The Bertz CT molecular complexity index is 1250. The molecule has 10 nitrogen and oxygen atoms in total. The van der Waals surface area contributed by atoms with Gasteiger partial charge in [0.15, 0.2) is 17.4 Å². The van der Waals surface area contributed by atoms with Gasteiger partial charge in [0, 0.05) is 18.3 Å². The summed E-state index contributed by atoms with van der Waals surface area (Å²) < 4.78 is 33.4. The van der Waals surface area contributed by atoms with Crippen LogP contribution in [0.4, 0.5) is 20.2 Å². The van der Waals surface area contributed by atoms with Crippen molar-refractivity contribution in [1.29, 1.82) is 0 Å². The third-order valence-electron chi connectivity index (χ3n) is 4.99. The standard InChI is InChI=1S/C23H22F2N6O4/c1-3-35-31-22(32)16-11-26-19(23(33)29-14-4-5-14)8-17(16)30-18-7-12(24)6-15(20(18)34-2)21-27-9-13(25)10-28-21/h6-11,14H,3-5H2,1-2H3,(H,26,30)(H,29,33)(H,31,32). The zero-order chi connectivity index (χ0) is 24.9. The first-order valence-corrected chi connectivity index (χ1v) is 10.7. The lowest BCUT2D eigenvalue weighted by Gasteiger charge is -2.17. The zero-order valence-corrected chi connectivity index (χ0v) is 18.9. The first-order chi connectivity index (χ1) is 16.9. The van der Waals surface area contributed by atoms with Gasteiger partial charge in [-0.05, 0) is 31.9 Å². The van der Waals surface area contributed by atoms with Crippen LogP contribution in [-0.4, -0.2) is 46.5 Å². The molecule has 0 aliphatic heterocycles. The number of aromatic nitrogens is 3. The van der Waals surface area contributed by atoms with Crippen LogP contribution in [0.15, 0.2) is 36.8 Å². The van der Waals surface area contributed by atoms with E-state index in [1.807, 2.05) is 0 Å². The van der Waals surface area contributed by atoms with Gasteiger partial charge in [-0.2, -0.15) is 0 Å². The van der Waals surface area contributed by atoms with Crippen molar-refractivity contribution < 1.29 is 27.9 Å². The predicted molar refractivity (Wildman–Crippen MR) is 121 cm³/mol. The minimum Gasteiger partial charge on any atom is -0.494 e. The minimum atomic E-state index is -0.669. The third-order valence-corrected chi connectivity index (χ3v) is 4.99. The number of hydroxylamine groups is 1. The van der Waals surface area contributed by atoms with Crippen molar-refractivity contribution in [1.82, 2.24) is 25.7 Å². The molecule has 3 N–H and O–H groups in total. The van der Waals surface area contributed by atoms with Crippen LogP contribution in [0.25, 0.3) is 11.4 Å². The van der Waals surface area contributed by atoms with Crippen molar-refractivity contribution in [2.24, 2.45) is 0 Å². The van der Waals surface area contributed by atoms with Crippen molar-refractivity contribution in [3.63, 3.8) is 0 Å². The summed E-state index contributed by atoms with van der Waals surface area (Å²) in [7, 11) is 1.36. The number of pyridine rings is 1. The second-order valence-corrected chi connectivity index (χ2v) is 7.61. The Morgan fingerprint density at radius 2 is 1.74 bits per heavy atom. The molecule has 35 heavy (non-hydrogen) atoms. The molecule has 1 fully saturated rings. The average molecular weight is 484 g/mol. The number of anilines is 2. The van der Waals surface area contributed by atoms with Gasteiger partial charge in [-0.1, -0.05) is 0 Å². The molecule has 0 bridgehead atoms. The molecule has 2 aromatic heterocycles. The molecule has 1 aliphatic rings. The van der Waals surface area contributed by atoms with Crippen LogP contribution >= 0.6 is 0 Å². The number of halogens is 2. The van der Waals surface area contributed by atoms with Crippen LogP contribution in [0.5, 0.6) is 5.75 Å². The first kappa shape index (κ1) is 24.0. The second kappa shape index (κ2) is 10.4. The topological polar surface area (TPSA) is 127 Å². The lowest BCUT2D eigenvalue weighted by Crippen LogP contribution is -2.28. The van der Waals surface area contributed by atoms with Gasteiger partial charge in [-0.3, -0.25) is 19.4 Å². The Kier molecular flexibility index (Phi) is 7.11. The van der Waals surface area contributed by atoms with Gasteiger partial charge in [0.25, 0.3) is 11.8 Å². The SMILES string of the molecule is CCONC(=O)c1cnc(C(=O)NC2CC2)cc1Nc1cc(F)cc(-c2ncc(F)cn2)c1OC. The molecule has 4 rings (SSSR count). The van der Waals surface area contributed by atoms with Crippen molar-refractivity contribution in [3.8, 4) is 17.1 Å². The third kappa shape index (κ3) is 5.66. The summed E-state index contributed by atoms with van der Waals surface area (Å²) in [6, 6.07) is 3.75. The highest BCUT2D eigenvalue weighted by Gasteiger charge is 2.26. The summed E-state index contributed by atoms with van der Waals surface area (Å²) in [5, 5.41) is 5.77. The van der Waals surface area contributed by atoms with Gasteiger partial charge in [-0.15, -0.1) is 0 Å². The van der Waals surface area contributed by atoms with Gasteiger partial charge in [0.2, 0.25) is 0 Å². The molecule has 0 atom stereocenters. The fraction of sp³-hybridized carbons (Fsp3) is 0.261. The Labute approximate surface area is 199 Å². The van der Waals surface area contributed by atoms with Crippen molar-refractivity contribution >= 4 is 23.2 Å². The molecule has 0 saturated heterocycles. The number of rotatable bonds is 9. The number of carbonyl (C=O) groups excluding carboxylic acids is 2. The maximum atomic E-state index is 14.6. The van der Waals surface area contributed by atoms with Gasteiger partial charge in [0.1, 0.15) is 11.5 Å². The van der Waals surface area contributed by atoms with Crippen LogP contribution in [-0.2, 0) is 4.84 Å². The average Bonchev–Trinajstić information content (AvgIpc) is 3.66. The Morgan fingerprint density at radius 3 is 2.40 bits per heavy atom. The van der Waals surface area contributed by atoms with E-state index in [1.165, 1.54) is 19.4 Å². The van der Waals surface area contributed by atoms with E-state index in [1.54, 1.807) is 6.92 Å². The molecule has 2 heterocycles. The fourth-order valence-corrected chi connectivity index (χ4v) is 3.21. The Hall–Kier alpha value is -4.19. The molecule has 2 amide bonds. The van der Waals surface area contributed by atoms with Crippen LogP contribution in [0.2, 0.25) is 0 Å². The van der Waals surface area contributed by atoms with E-state index in [-0.39, 0.29) is 52.4 Å². The van der Waals surface area contributed by atoms with E-state index in [0.29, 0.717) is 0 Å². The molecular formula is C23H22F2N6O4. The van der Waals surface area contributed by atoms with Crippen LogP contribution in [0.3, 0.4) is 0 Å². The smallest absolute Gasteiger partial charge is 0.278 e. The first-order valence-electron chi connectivity index (χ1n) is 10.7. The number of ether oxygens (including phenoxy) is 1. The van der Waals surface area contributed by atoms with E-state index in [9.17, 15) is 18.4 Å². The van der Waals surface area contributed by atoms with Crippen molar-refractivity contribution in [2.45, 2.75) is 25.8 Å². The Balaban J connectivity index is 1.76. The summed E-state index contributed by atoms with van der Waals surface area (Å²) >= 11 is 0. The zero-order valence-electron chi connectivity index (χ0n) is 18.9. The molecule has 1 saturated carbocycles. The van der Waals surface area contributed by atoms with E-state index in [0.717, 1.165) is 37.4 Å². The number of methoxy groups -OCH3 is 1. The highest BCUT2D eigenvalue weighted by molar-refractivity contribution is 6.02. The van der Waals surface area contributed by atoms with E-state index in [2.05, 4.69) is 31.1 Å². The number of amides is 2. The van der Waals surface area contributed by atoms with Crippen LogP contribution in [0, 0.1) is 11.6 Å². The summed E-state index contributed by atoms with van der Waals surface area (Å²) in [6.45, 7) is 1.92. The molecule has 182 valence electrons. The molecule has 0 spiro atoms. The van der Waals surface area contributed by atoms with Crippen molar-refractivity contribution in [2.75, 3.05) is 19.0 Å². The summed E-state index contributed by atoms with van der Waals surface area (Å²) in [6.07, 6.45) is 4.89. The number of nitrogens with zero attached hydrogens (tertiary/aromatic N) is 3. The molecule has 1 aromatic carbocycles.